The third-order valence-corrected chi connectivity index (χ3v) is 4.85. The van der Waals surface area contributed by atoms with Crippen molar-refractivity contribution in [1.82, 2.24) is 15.2 Å². The summed E-state index contributed by atoms with van der Waals surface area (Å²) in [5, 5.41) is 3.58. The maximum Gasteiger partial charge on any atom is 0.0794 e. The molecule has 18 heavy (non-hydrogen) atoms. The van der Waals surface area contributed by atoms with E-state index in [1.165, 1.54) is 43.6 Å². The Morgan fingerprint density at radius 2 is 2.44 bits per heavy atom. The second-order valence-corrected chi connectivity index (χ2v) is 6.23. The lowest BCUT2D eigenvalue weighted by Crippen LogP contribution is -2.39. The molecule has 0 bridgehead atoms. The van der Waals surface area contributed by atoms with Gasteiger partial charge >= 0.3 is 0 Å². The summed E-state index contributed by atoms with van der Waals surface area (Å²) in [6, 6.07) is 1.23. The molecule has 1 N–H and O–H groups in total. The van der Waals surface area contributed by atoms with Crippen LogP contribution in [0.25, 0.3) is 0 Å². The SMILES string of the molecule is CC(NCCCN1CCCCC1C)c1cncs1. The molecule has 2 unspecified atom stereocenters. The lowest BCUT2D eigenvalue weighted by atomic mass is 10.0. The van der Waals surface area contributed by atoms with Crippen LogP contribution in [0.4, 0.5) is 0 Å². The summed E-state index contributed by atoms with van der Waals surface area (Å²) >= 11 is 1.73. The zero-order valence-corrected chi connectivity index (χ0v) is 12.4. The van der Waals surface area contributed by atoms with E-state index in [-0.39, 0.29) is 0 Å². The standard InChI is InChI=1S/C14H25N3S/c1-12-6-3-4-8-17(12)9-5-7-16-13(2)14-10-15-11-18-14/h10-13,16H,3-9H2,1-2H3. The fourth-order valence-corrected chi connectivity index (χ4v) is 3.28. The monoisotopic (exact) mass is 267 g/mol. The molecule has 1 aliphatic rings. The maximum absolute atomic E-state index is 4.13. The zero-order chi connectivity index (χ0) is 12.8. The lowest BCUT2D eigenvalue weighted by Gasteiger charge is -2.33. The molecule has 0 radical (unpaired) electrons. The molecule has 1 saturated heterocycles. The Bertz CT molecular complexity index is 326. The van der Waals surface area contributed by atoms with Crippen molar-refractivity contribution in [2.75, 3.05) is 19.6 Å². The van der Waals surface area contributed by atoms with Crippen LogP contribution >= 0.6 is 11.3 Å². The Balaban J connectivity index is 1.61. The van der Waals surface area contributed by atoms with Crippen LogP contribution in [0.5, 0.6) is 0 Å². The summed E-state index contributed by atoms with van der Waals surface area (Å²) in [6.07, 6.45) is 7.39. The lowest BCUT2D eigenvalue weighted by molar-refractivity contribution is 0.158. The number of rotatable bonds is 6. The number of hydrogen-bond acceptors (Lipinski definition) is 4. The van der Waals surface area contributed by atoms with Crippen LogP contribution in [-0.2, 0) is 0 Å². The van der Waals surface area contributed by atoms with Gasteiger partial charge in [0.2, 0.25) is 0 Å². The highest BCUT2D eigenvalue weighted by Crippen LogP contribution is 2.17. The van der Waals surface area contributed by atoms with Gasteiger partial charge in [0.25, 0.3) is 0 Å². The average molecular weight is 267 g/mol. The number of likely N-dealkylation sites (tertiary alicyclic amines) is 1. The van der Waals surface area contributed by atoms with Crippen LogP contribution in [0.2, 0.25) is 0 Å². The minimum Gasteiger partial charge on any atom is -0.309 e. The summed E-state index contributed by atoms with van der Waals surface area (Å²) in [5.74, 6) is 0. The zero-order valence-electron chi connectivity index (χ0n) is 11.6. The van der Waals surface area contributed by atoms with Crippen LogP contribution in [0.3, 0.4) is 0 Å². The first kappa shape index (κ1) is 14.0. The van der Waals surface area contributed by atoms with Gasteiger partial charge in [0.05, 0.1) is 5.51 Å². The molecule has 0 aliphatic carbocycles. The number of piperidine rings is 1. The van der Waals surface area contributed by atoms with Crippen LogP contribution in [0.1, 0.15) is 50.4 Å². The number of nitrogens with one attached hydrogen (secondary N) is 1. The van der Waals surface area contributed by atoms with Crippen molar-refractivity contribution in [3.63, 3.8) is 0 Å². The number of thiazole rings is 1. The smallest absolute Gasteiger partial charge is 0.0794 e. The molecular formula is C14H25N3S. The molecule has 1 aliphatic heterocycles. The Morgan fingerprint density at radius 3 is 3.17 bits per heavy atom. The number of aromatic nitrogens is 1. The molecule has 2 atom stereocenters. The summed E-state index contributed by atoms with van der Waals surface area (Å²) in [4.78, 5) is 8.10. The van der Waals surface area contributed by atoms with Crippen LogP contribution in [0.15, 0.2) is 11.7 Å². The number of hydrogen-bond donors (Lipinski definition) is 1. The Hall–Kier alpha value is -0.450. The molecule has 4 heteroatoms. The van der Waals surface area contributed by atoms with Crippen molar-refractivity contribution in [1.29, 1.82) is 0 Å². The Labute approximate surface area is 115 Å². The molecule has 1 fully saturated rings. The van der Waals surface area contributed by atoms with Gasteiger partial charge in [0.1, 0.15) is 0 Å². The maximum atomic E-state index is 4.13. The fraction of sp³-hybridized carbons (Fsp3) is 0.786. The quantitative estimate of drug-likeness (QED) is 0.803. The van der Waals surface area contributed by atoms with E-state index in [4.69, 9.17) is 0 Å². The third-order valence-electron chi connectivity index (χ3n) is 3.89. The van der Waals surface area contributed by atoms with E-state index in [1.54, 1.807) is 11.3 Å². The summed E-state index contributed by atoms with van der Waals surface area (Å²) in [7, 11) is 0. The second kappa shape index (κ2) is 7.22. The van der Waals surface area contributed by atoms with Crippen molar-refractivity contribution in [3.05, 3.63) is 16.6 Å². The van der Waals surface area contributed by atoms with Gasteiger partial charge in [-0.3, -0.25) is 4.98 Å². The minimum atomic E-state index is 0.441. The van der Waals surface area contributed by atoms with E-state index in [1.807, 2.05) is 11.7 Å². The fourth-order valence-electron chi connectivity index (χ4n) is 2.63. The minimum absolute atomic E-state index is 0.441. The summed E-state index contributed by atoms with van der Waals surface area (Å²) in [5.41, 5.74) is 1.91. The molecule has 0 aromatic carbocycles. The highest BCUT2D eigenvalue weighted by atomic mass is 32.1. The van der Waals surface area contributed by atoms with Gasteiger partial charge in [-0.25, -0.2) is 0 Å². The van der Waals surface area contributed by atoms with E-state index < -0.39 is 0 Å². The number of nitrogens with zero attached hydrogens (tertiary/aromatic N) is 2. The predicted octanol–water partition coefficient (Wildman–Crippen LogP) is 3.06. The van der Waals surface area contributed by atoms with E-state index in [9.17, 15) is 0 Å². The largest absolute Gasteiger partial charge is 0.309 e. The first-order valence-electron chi connectivity index (χ1n) is 7.13. The molecule has 2 heterocycles. The first-order valence-corrected chi connectivity index (χ1v) is 8.01. The van der Waals surface area contributed by atoms with Crippen molar-refractivity contribution >= 4 is 11.3 Å². The van der Waals surface area contributed by atoms with Gasteiger partial charge < -0.3 is 10.2 Å². The molecule has 0 saturated carbocycles. The molecule has 0 amide bonds. The van der Waals surface area contributed by atoms with Gasteiger partial charge in [-0.15, -0.1) is 11.3 Å². The highest BCUT2D eigenvalue weighted by Gasteiger charge is 2.17. The van der Waals surface area contributed by atoms with Crippen LogP contribution in [-0.4, -0.2) is 35.6 Å². The molecule has 0 spiro atoms. The normalized spacial score (nSPS) is 23.1. The molecule has 3 nitrogen and oxygen atoms in total. The first-order chi connectivity index (χ1) is 8.77. The molecular weight excluding hydrogens is 242 g/mol. The van der Waals surface area contributed by atoms with E-state index >= 15 is 0 Å². The van der Waals surface area contributed by atoms with Gasteiger partial charge in [0, 0.05) is 23.2 Å². The summed E-state index contributed by atoms with van der Waals surface area (Å²) in [6.45, 7) is 8.22. The molecule has 1 aromatic heterocycles. The summed E-state index contributed by atoms with van der Waals surface area (Å²) < 4.78 is 0. The highest BCUT2D eigenvalue weighted by molar-refractivity contribution is 7.09. The second-order valence-electron chi connectivity index (χ2n) is 5.31. The van der Waals surface area contributed by atoms with Gasteiger partial charge in [-0.1, -0.05) is 6.42 Å². The van der Waals surface area contributed by atoms with E-state index in [0.29, 0.717) is 6.04 Å². The van der Waals surface area contributed by atoms with Crippen LogP contribution < -0.4 is 5.32 Å². The molecule has 102 valence electrons. The van der Waals surface area contributed by atoms with Gasteiger partial charge in [0.15, 0.2) is 0 Å². The van der Waals surface area contributed by atoms with E-state index in [2.05, 4.69) is 29.0 Å². The third kappa shape index (κ3) is 4.04. The van der Waals surface area contributed by atoms with Crippen molar-refractivity contribution in [3.8, 4) is 0 Å². The van der Waals surface area contributed by atoms with Gasteiger partial charge in [-0.05, 0) is 52.7 Å². The molecule has 1 aromatic rings. The predicted molar refractivity (Wildman–Crippen MR) is 78.0 cm³/mol. The Morgan fingerprint density at radius 1 is 1.56 bits per heavy atom. The average Bonchev–Trinajstić information content (AvgIpc) is 2.90. The van der Waals surface area contributed by atoms with Crippen molar-refractivity contribution in [2.24, 2.45) is 0 Å². The van der Waals surface area contributed by atoms with Crippen LogP contribution in [0, 0.1) is 0 Å². The van der Waals surface area contributed by atoms with Gasteiger partial charge in [-0.2, -0.15) is 0 Å². The topological polar surface area (TPSA) is 28.2 Å². The van der Waals surface area contributed by atoms with E-state index in [0.717, 1.165) is 12.6 Å². The Kier molecular flexibility index (Phi) is 5.60. The van der Waals surface area contributed by atoms with Crippen molar-refractivity contribution in [2.45, 2.75) is 51.6 Å². The van der Waals surface area contributed by atoms with Crippen molar-refractivity contribution < 1.29 is 0 Å². The molecule has 2 rings (SSSR count).